The lowest BCUT2D eigenvalue weighted by atomic mass is 9.80. The Bertz CT molecular complexity index is 84.4. The van der Waals surface area contributed by atoms with Crippen molar-refractivity contribution in [1.82, 2.24) is 0 Å². The second-order valence-electron chi connectivity index (χ2n) is 2.50. The van der Waals surface area contributed by atoms with E-state index in [1.807, 2.05) is 6.08 Å². The molecule has 0 aromatic rings. The first-order chi connectivity index (χ1) is 3.84. The van der Waals surface area contributed by atoms with Crippen molar-refractivity contribution in [2.24, 2.45) is 11.7 Å². The monoisotopic (exact) mass is 111 g/mol. The van der Waals surface area contributed by atoms with Crippen LogP contribution in [0.15, 0.2) is 12.7 Å². The number of rotatable bonds is 2. The van der Waals surface area contributed by atoms with E-state index >= 15 is 0 Å². The maximum Gasteiger partial charge on any atom is 0.0249 e. The van der Waals surface area contributed by atoms with Gasteiger partial charge in [-0.05, 0) is 18.8 Å². The van der Waals surface area contributed by atoms with Gasteiger partial charge >= 0.3 is 0 Å². The zero-order valence-electron chi connectivity index (χ0n) is 5.14. The van der Waals surface area contributed by atoms with Crippen molar-refractivity contribution in [3.8, 4) is 0 Å². The lowest BCUT2D eigenvalue weighted by Crippen LogP contribution is -2.32. The van der Waals surface area contributed by atoms with E-state index in [4.69, 9.17) is 5.73 Å². The minimum Gasteiger partial charge on any atom is -0.324 e. The summed E-state index contributed by atoms with van der Waals surface area (Å²) < 4.78 is 0. The molecule has 0 bridgehead atoms. The minimum atomic E-state index is 0.267. The van der Waals surface area contributed by atoms with Gasteiger partial charge in [-0.25, -0.2) is 0 Å². The van der Waals surface area contributed by atoms with E-state index in [1.54, 1.807) is 0 Å². The Morgan fingerprint density at radius 2 is 2.25 bits per heavy atom. The maximum absolute atomic E-state index is 5.66. The topological polar surface area (TPSA) is 26.0 Å². The van der Waals surface area contributed by atoms with Crippen LogP contribution in [0, 0.1) is 5.92 Å². The number of hydrogen-bond acceptors (Lipinski definition) is 1. The Morgan fingerprint density at radius 3 is 2.38 bits per heavy atom. The van der Waals surface area contributed by atoms with Crippen LogP contribution in [0.25, 0.3) is 0 Å². The molecule has 1 saturated carbocycles. The van der Waals surface area contributed by atoms with Crippen molar-refractivity contribution in [3.63, 3.8) is 0 Å². The summed E-state index contributed by atoms with van der Waals surface area (Å²) in [5, 5.41) is 0. The summed E-state index contributed by atoms with van der Waals surface area (Å²) >= 11 is 0. The average Bonchev–Trinajstić information content (AvgIpc) is 1.62. The molecule has 1 heteroatoms. The standard InChI is InChI=1S/C7H13N/c1-2-7(8)6-4-3-5-6/h2,6-7H,1,3-5,8H2/t7-/m0/s1. The smallest absolute Gasteiger partial charge is 0.0249 e. The third-order valence-corrected chi connectivity index (χ3v) is 1.97. The van der Waals surface area contributed by atoms with Crippen LogP contribution < -0.4 is 5.73 Å². The molecule has 1 aliphatic carbocycles. The van der Waals surface area contributed by atoms with Crippen LogP contribution in [0.3, 0.4) is 0 Å². The number of hydrogen-bond donors (Lipinski definition) is 1. The second kappa shape index (κ2) is 2.31. The normalized spacial score (nSPS) is 24.1. The summed E-state index contributed by atoms with van der Waals surface area (Å²) in [5.41, 5.74) is 5.66. The fourth-order valence-electron chi connectivity index (χ4n) is 1.02. The molecule has 0 radical (unpaired) electrons. The second-order valence-corrected chi connectivity index (χ2v) is 2.50. The molecular formula is C7H13N. The molecule has 0 saturated heterocycles. The van der Waals surface area contributed by atoms with Crippen LogP contribution in [0.5, 0.6) is 0 Å². The molecule has 1 fully saturated rings. The van der Waals surface area contributed by atoms with E-state index in [0.717, 1.165) is 5.92 Å². The molecule has 0 aliphatic heterocycles. The Kier molecular flexibility index (Phi) is 1.69. The fraction of sp³-hybridized carbons (Fsp3) is 0.714. The van der Waals surface area contributed by atoms with Gasteiger partial charge in [0.15, 0.2) is 0 Å². The highest BCUT2D eigenvalue weighted by molar-refractivity contribution is 4.91. The summed E-state index contributed by atoms with van der Waals surface area (Å²) in [6.45, 7) is 3.64. The summed E-state index contributed by atoms with van der Waals surface area (Å²) in [6, 6.07) is 0.267. The highest BCUT2D eigenvalue weighted by atomic mass is 14.6. The predicted octanol–water partition coefficient (Wildman–Crippen LogP) is 1.30. The van der Waals surface area contributed by atoms with Crippen molar-refractivity contribution in [1.29, 1.82) is 0 Å². The first kappa shape index (κ1) is 5.83. The van der Waals surface area contributed by atoms with Crippen molar-refractivity contribution in [2.45, 2.75) is 25.3 Å². The van der Waals surface area contributed by atoms with Crippen molar-refractivity contribution >= 4 is 0 Å². The molecular weight excluding hydrogens is 98.1 g/mol. The molecule has 0 amide bonds. The quantitative estimate of drug-likeness (QED) is 0.534. The van der Waals surface area contributed by atoms with Gasteiger partial charge in [0, 0.05) is 6.04 Å². The van der Waals surface area contributed by atoms with Crippen molar-refractivity contribution in [3.05, 3.63) is 12.7 Å². The highest BCUT2D eigenvalue weighted by Gasteiger charge is 2.21. The van der Waals surface area contributed by atoms with Gasteiger partial charge < -0.3 is 5.73 Å². The van der Waals surface area contributed by atoms with E-state index in [0.29, 0.717) is 0 Å². The zero-order valence-corrected chi connectivity index (χ0v) is 5.14. The number of nitrogens with two attached hydrogens (primary N) is 1. The van der Waals surface area contributed by atoms with Crippen molar-refractivity contribution in [2.75, 3.05) is 0 Å². The molecule has 46 valence electrons. The third-order valence-electron chi connectivity index (χ3n) is 1.97. The van der Waals surface area contributed by atoms with Gasteiger partial charge in [-0.3, -0.25) is 0 Å². The van der Waals surface area contributed by atoms with E-state index in [2.05, 4.69) is 6.58 Å². The molecule has 8 heavy (non-hydrogen) atoms. The largest absolute Gasteiger partial charge is 0.324 e. The average molecular weight is 111 g/mol. The zero-order chi connectivity index (χ0) is 5.98. The SMILES string of the molecule is C=C[C@H](N)C1CCC1. The van der Waals surface area contributed by atoms with Gasteiger partial charge in [0.1, 0.15) is 0 Å². The van der Waals surface area contributed by atoms with E-state index in [1.165, 1.54) is 19.3 Å². The molecule has 1 nitrogen and oxygen atoms in total. The maximum atomic E-state index is 5.66. The molecule has 1 rings (SSSR count). The molecule has 1 atom stereocenters. The first-order valence-corrected chi connectivity index (χ1v) is 3.22. The third kappa shape index (κ3) is 0.920. The van der Waals surface area contributed by atoms with E-state index in [9.17, 15) is 0 Å². The van der Waals surface area contributed by atoms with Gasteiger partial charge in [-0.2, -0.15) is 0 Å². The summed E-state index contributed by atoms with van der Waals surface area (Å²) in [4.78, 5) is 0. The summed E-state index contributed by atoms with van der Waals surface area (Å²) in [7, 11) is 0. The first-order valence-electron chi connectivity index (χ1n) is 3.22. The van der Waals surface area contributed by atoms with Gasteiger partial charge in [-0.15, -0.1) is 6.58 Å². The van der Waals surface area contributed by atoms with Crippen LogP contribution in [-0.4, -0.2) is 6.04 Å². The fourth-order valence-corrected chi connectivity index (χ4v) is 1.02. The van der Waals surface area contributed by atoms with Crippen LogP contribution >= 0.6 is 0 Å². The van der Waals surface area contributed by atoms with Gasteiger partial charge in [0.25, 0.3) is 0 Å². The van der Waals surface area contributed by atoms with Gasteiger partial charge in [-0.1, -0.05) is 12.5 Å². The minimum absolute atomic E-state index is 0.267. The Hall–Kier alpha value is -0.300. The molecule has 0 aromatic carbocycles. The highest BCUT2D eigenvalue weighted by Crippen LogP contribution is 2.28. The van der Waals surface area contributed by atoms with Crippen molar-refractivity contribution < 1.29 is 0 Å². The predicted molar refractivity (Wildman–Crippen MR) is 35.5 cm³/mol. The van der Waals surface area contributed by atoms with Crippen LogP contribution in [0.2, 0.25) is 0 Å². The Morgan fingerprint density at radius 1 is 1.62 bits per heavy atom. The molecule has 0 unspecified atom stereocenters. The van der Waals surface area contributed by atoms with Gasteiger partial charge in [0.05, 0.1) is 0 Å². The Labute approximate surface area is 50.6 Å². The molecule has 2 N–H and O–H groups in total. The van der Waals surface area contributed by atoms with E-state index < -0.39 is 0 Å². The lowest BCUT2D eigenvalue weighted by molar-refractivity contribution is 0.289. The van der Waals surface area contributed by atoms with Gasteiger partial charge in [0.2, 0.25) is 0 Å². The van der Waals surface area contributed by atoms with Crippen LogP contribution in [0.1, 0.15) is 19.3 Å². The Balaban J connectivity index is 2.22. The molecule has 0 spiro atoms. The summed E-state index contributed by atoms with van der Waals surface area (Å²) in [5.74, 6) is 0.757. The molecule has 1 aliphatic rings. The van der Waals surface area contributed by atoms with Crippen LogP contribution in [0.4, 0.5) is 0 Å². The summed E-state index contributed by atoms with van der Waals surface area (Å²) in [6.07, 6.45) is 5.84. The van der Waals surface area contributed by atoms with E-state index in [-0.39, 0.29) is 6.04 Å². The lowest BCUT2D eigenvalue weighted by Gasteiger charge is -2.28. The molecule has 0 heterocycles. The van der Waals surface area contributed by atoms with Crippen LogP contribution in [-0.2, 0) is 0 Å². The molecule has 0 aromatic heterocycles.